The Balaban J connectivity index is 1.53. The molecule has 0 fully saturated rings. The van der Waals surface area contributed by atoms with Crippen LogP contribution >= 0.6 is 11.8 Å². The summed E-state index contributed by atoms with van der Waals surface area (Å²) in [4.78, 5) is 27.4. The first kappa shape index (κ1) is 22.2. The molecule has 0 atom stereocenters. The average molecular weight is 461 g/mol. The van der Waals surface area contributed by atoms with Crippen LogP contribution in [0.2, 0.25) is 0 Å². The summed E-state index contributed by atoms with van der Waals surface area (Å²) < 4.78 is 1.95. The molecule has 4 rings (SSSR count). The minimum Gasteiger partial charge on any atom is -0.325 e. The number of anilines is 1. The zero-order chi connectivity index (χ0) is 23.2. The van der Waals surface area contributed by atoms with Gasteiger partial charge in [0.05, 0.1) is 28.5 Å². The van der Waals surface area contributed by atoms with Crippen molar-refractivity contribution >= 4 is 29.0 Å². The lowest BCUT2D eigenvalue weighted by Gasteiger charge is -2.11. The van der Waals surface area contributed by atoms with Crippen LogP contribution in [0, 0.1) is 17.0 Å². The van der Waals surface area contributed by atoms with Gasteiger partial charge < -0.3 is 5.32 Å². The van der Waals surface area contributed by atoms with E-state index >= 15 is 0 Å². The zero-order valence-electron chi connectivity index (χ0n) is 17.7. The van der Waals surface area contributed by atoms with Gasteiger partial charge >= 0.3 is 0 Å². The van der Waals surface area contributed by atoms with Gasteiger partial charge in [0, 0.05) is 24.0 Å². The van der Waals surface area contributed by atoms with Crippen molar-refractivity contribution < 1.29 is 9.72 Å². The Bertz CT molecular complexity index is 1280. The highest BCUT2D eigenvalue weighted by atomic mass is 32.2. The first-order chi connectivity index (χ1) is 16.0. The summed E-state index contributed by atoms with van der Waals surface area (Å²) >= 11 is 1.25. The van der Waals surface area contributed by atoms with Crippen molar-refractivity contribution in [2.45, 2.75) is 18.6 Å². The van der Waals surface area contributed by atoms with Crippen molar-refractivity contribution in [3.05, 3.63) is 94.3 Å². The smallest absolute Gasteiger partial charge is 0.274 e. The van der Waals surface area contributed by atoms with Crippen LogP contribution < -0.4 is 5.32 Å². The van der Waals surface area contributed by atoms with Gasteiger partial charge in [-0.3, -0.25) is 24.5 Å². The van der Waals surface area contributed by atoms with Gasteiger partial charge in [-0.2, -0.15) is 0 Å². The normalized spacial score (nSPS) is 10.7. The number of nitro benzene ring substituents is 1. The van der Waals surface area contributed by atoms with E-state index in [0.29, 0.717) is 28.8 Å². The average Bonchev–Trinajstić information content (AvgIpc) is 3.22. The molecule has 4 aromatic rings. The summed E-state index contributed by atoms with van der Waals surface area (Å²) in [7, 11) is 0. The monoisotopic (exact) mass is 460 g/mol. The number of carbonyl (C=O) groups excluding carboxylic acids is 1. The van der Waals surface area contributed by atoms with Crippen LogP contribution in [0.4, 0.5) is 11.4 Å². The Morgan fingerprint density at radius 3 is 2.64 bits per heavy atom. The van der Waals surface area contributed by atoms with E-state index in [1.807, 2.05) is 47.0 Å². The predicted molar refractivity (Wildman–Crippen MR) is 126 cm³/mol. The fraction of sp³-hybridized carbons (Fsp3) is 0.130. The Morgan fingerprint density at radius 2 is 1.91 bits per heavy atom. The second-order valence-electron chi connectivity index (χ2n) is 7.16. The Hall–Kier alpha value is -4.05. The summed E-state index contributed by atoms with van der Waals surface area (Å²) in [6.07, 6.45) is 3.41. The molecule has 2 heterocycles. The van der Waals surface area contributed by atoms with E-state index in [1.54, 1.807) is 31.5 Å². The van der Waals surface area contributed by atoms with E-state index in [0.717, 1.165) is 11.1 Å². The van der Waals surface area contributed by atoms with E-state index in [1.165, 1.54) is 17.8 Å². The van der Waals surface area contributed by atoms with Crippen LogP contribution in [0.3, 0.4) is 0 Å². The molecule has 0 spiro atoms. The largest absolute Gasteiger partial charge is 0.325 e. The van der Waals surface area contributed by atoms with Gasteiger partial charge in [0.25, 0.3) is 5.69 Å². The van der Waals surface area contributed by atoms with Crippen LogP contribution in [-0.2, 0) is 11.3 Å². The Morgan fingerprint density at radius 1 is 1.09 bits per heavy atom. The molecule has 0 saturated carbocycles. The molecule has 0 unspecified atom stereocenters. The number of pyridine rings is 1. The lowest BCUT2D eigenvalue weighted by molar-refractivity contribution is -0.385. The second kappa shape index (κ2) is 10.0. The first-order valence-corrected chi connectivity index (χ1v) is 11.1. The maximum atomic E-state index is 12.6. The number of rotatable bonds is 8. The molecule has 33 heavy (non-hydrogen) atoms. The van der Waals surface area contributed by atoms with Crippen LogP contribution in [0.25, 0.3) is 11.4 Å². The maximum Gasteiger partial charge on any atom is 0.274 e. The fourth-order valence-electron chi connectivity index (χ4n) is 3.29. The fourth-order valence-corrected chi connectivity index (χ4v) is 4.02. The van der Waals surface area contributed by atoms with Crippen LogP contribution in [-0.4, -0.2) is 36.3 Å². The number of amides is 1. The van der Waals surface area contributed by atoms with Gasteiger partial charge in [-0.25, -0.2) is 0 Å². The third kappa shape index (κ3) is 5.24. The Kier molecular flexibility index (Phi) is 6.75. The number of carbonyl (C=O) groups is 1. The molecule has 166 valence electrons. The van der Waals surface area contributed by atoms with Gasteiger partial charge in [0.15, 0.2) is 11.0 Å². The van der Waals surface area contributed by atoms with Gasteiger partial charge in [-0.1, -0.05) is 48.2 Å². The number of hydrogen-bond donors (Lipinski definition) is 1. The molecule has 0 aliphatic rings. The highest BCUT2D eigenvalue weighted by Gasteiger charge is 2.18. The number of nitrogens with one attached hydrogen (secondary N) is 1. The molecular formula is C23H20N6O3S. The van der Waals surface area contributed by atoms with Crippen LogP contribution in [0.5, 0.6) is 0 Å². The van der Waals surface area contributed by atoms with Gasteiger partial charge in [0.1, 0.15) is 0 Å². The summed E-state index contributed by atoms with van der Waals surface area (Å²) in [5, 5.41) is 23.1. The summed E-state index contributed by atoms with van der Waals surface area (Å²) in [6.45, 7) is 2.14. The van der Waals surface area contributed by atoms with Crippen molar-refractivity contribution in [3.63, 3.8) is 0 Å². The summed E-state index contributed by atoms with van der Waals surface area (Å²) in [6, 6.07) is 18.2. The van der Waals surface area contributed by atoms with Crippen LogP contribution in [0.15, 0.2) is 78.2 Å². The first-order valence-electron chi connectivity index (χ1n) is 10.1. The van der Waals surface area contributed by atoms with Crippen molar-refractivity contribution in [3.8, 4) is 11.4 Å². The quantitative estimate of drug-likeness (QED) is 0.236. The van der Waals surface area contributed by atoms with Crippen molar-refractivity contribution in [1.29, 1.82) is 0 Å². The van der Waals surface area contributed by atoms with Gasteiger partial charge in [0.2, 0.25) is 5.91 Å². The molecule has 2 aromatic heterocycles. The molecule has 2 aromatic carbocycles. The molecule has 0 saturated heterocycles. The molecule has 10 heteroatoms. The SMILES string of the molecule is Cc1c(NC(=O)CSc2nnc(-c3cccnc3)n2Cc2ccccc2)cccc1[N+](=O)[O-]. The van der Waals surface area contributed by atoms with E-state index in [2.05, 4.69) is 20.5 Å². The molecule has 1 N–H and O–H groups in total. The van der Waals surface area contributed by atoms with E-state index in [-0.39, 0.29) is 17.3 Å². The molecule has 0 bridgehead atoms. The lowest BCUT2D eigenvalue weighted by Crippen LogP contribution is -2.16. The number of nitrogens with zero attached hydrogens (tertiary/aromatic N) is 5. The molecule has 0 radical (unpaired) electrons. The minimum atomic E-state index is -0.467. The molecular weight excluding hydrogens is 440 g/mol. The molecule has 0 aliphatic heterocycles. The number of thioether (sulfide) groups is 1. The number of aromatic nitrogens is 4. The molecule has 0 aliphatic carbocycles. The number of hydrogen-bond acceptors (Lipinski definition) is 7. The van der Waals surface area contributed by atoms with Crippen molar-refractivity contribution in [2.24, 2.45) is 0 Å². The summed E-state index contributed by atoms with van der Waals surface area (Å²) in [5.41, 5.74) is 2.68. The maximum absolute atomic E-state index is 12.6. The highest BCUT2D eigenvalue weighted by molar-refractivity contribution is 7.99. The summed E-state index contributed by atoms with van der Waals surface area (Å²) in [5.74, 6) is 0.437. The zero-order valence-corrected chi connectivity index (χ0v) is 18.5. The van der Waals surface area contributed by atoms with E-state index in [9.17, 15) is 14.9 Å². The highest BCUT2D eigenvalue weighted by Crippen LogP contribution is 2.27. The van der Waals surface area contributed by atoms with Gasteiger partial charge in [-0.15, -0.1) is 10.2 Å². The number of benzene rings is 2. The van der Waals surface area contributed by atoms with Crippen molar-refractivity contribution in [2.75, 3.05) is 11.1 Å². The third-order valence-corrected chi connectivity index (χ3v) is 5.90. The van der Waals surface area contributed by atoms with Gasteiger partial charge in [-0.05, 0) is 30.7 Å². The predicted octanol–water partition coefficient (Wildman–Crippen LogP) is 4.34. The minimum absolute atomic E-state index is 0.0378. The van der Waals surface area contributed by atoms with E-state index < -0.39 is 4.92 Å². The molecule has 1 amide bonds. The second-order valence-corrected chi connectivity index (χ2v) is 8.11. The molecule has 9 nitrogen and oxygen atoms in total. The van der Waals surface area contributed by atoms with E-state index in [4.69, 9.17) is 0 Å². The topological polar surface area (TPSA) is 116 Å². The van der Waals surface area contributed by atoms with Crippen LogP contribution in [0.1, 0.15) is 11.1 Å². The standard InChI is InChI=1S/C23H20N6O3S/c1-16-19(10-5-11-20(16)29(31)32)25-21(30)15-33-23-27-26-22(18-9-6-12-24-13-18)28(23)14-17-7-3-2-4-8-17/h2-13H,14-15H2,1H3,(H,25,30). The Labute approximate surface area is 194 Å². The third-order valence-electron chi connectivity index (χ3n) is 4.93. The van der Waals surface area contributed by atoms with Crippen molar-refractivity contribution in [1.82, 2.24) is 19.7 Å². The number of nitro groups is 1. The lowest BCUT2D eigenvalue weighted by atomic mass is 10.1.